The van der Waals surface area contributed by atoms with E-state index in [4.69, 9.17) is 0 Å². The first-order chi connectivity index (χ1) is 27.9. The Balaban J connectivity index is 0.000000188. The van der Waals surface area contributed by atoms with Crippen molar-refractivity contribution in [3.05, 3.63) is 191 Å². The molecule has 0 saturated heterocycles. The summed E-state index contributed by atoms with van der Waals surface area (Å²) < 4.78 is 0. The highest BCUT2D eigenvalue weighted by atomic mass is 15.0. The highest BCUT2D eigenvalue weighted by Crippen LogP contribution is 2.48. The zero-order valence-corrected chi connectivity index (χ0v) is 36.4. The van der Waals surface area contributed by atoms with Gasteiger partial charge in [0.25, 0.3) is 0 Å². The maximum atomic E-state index is 3.85. The molecular weight excluding hydrogens is 705 g/mol. The third-order valence-electron chi connectivity index (χ3n) is 11.8. The number of benzene rings is 6. The molecule has 6 aromatic rings. The fraction of sp³-hybridized carbons (Fsp3) is 0.296. The van der Waals surface area contributed by atoms with E-state index in [9.17, 15) is 0 Å². The van der Waals surface area contributed by atoms with Crippen molar-refractivity contribution in [1.29, 1.82) is 0 Å². The van der Waals surface area contributed by atoms with E-state index in [0.717, 1.165) is 29.2 Å². The van der Waals surface area contributed by atoms with Gasteiger partial charge >= 0.3 is 0 Å². The van der Waals surface area contributed by atoms with E-state index in [-0.39, 0.29) is 10.8 Å². The average molecular weight is 769 g/mol. The summed E-state index contributed by atoms with van der Waals surface area (Å²) in [5, 5.41) is 14.7. The Bertz CT molecular complexity index is 2280. The molecule has 0 bridgehead atoms. The molecule has 4 nitrogen and oxygen atoms in total. The van der Waals surface area contributed by atoms with Gasteiger partial charge in [-0.15, -0.1) is 0 Å². The topological polar surface area (TPSA) is 48.1 Å². The monoisotopic (exact) mass is 769 g/mol. The molecule has 0 fully saturated rings. The van der Waals surface area contributed by atoms with Gasteiger partial charge in [-0.2, -0.15) is 0 Å². The molecule has 2 heterocycles. The van der Waals surface area contributed by atoms with Gasteiger partial charge in [0.1, 0.15) is 0 Å². The Hall–Kier alpha value is -5.74. The minimum Gasteiger partial charge on any atom is -0.382 e. The molecule has 0 spiro atoms. The van der Waals surface area contributed by atoms with Crippen LogP contribution in [0, 0.1) is 25.7 Å². The van der Waals surface area contributed by atoms with Crippen molar-refractivity contribution in [2.24, 2.45) is 11.8 Å². The van der Waals surface area contributed by atoms with Crippen molar-refractivity contribution >= 4 is 34.1 Å². The van der Waals surface area contributed by atoms with Crippen molar-refractivity contribution in [2.75, 3.05) is 21.3 Å². The standard InChI is InChI=1S/C26H30N2.C26H28N2.C2H6/c2*1-18(2)24-17-26(4,20-11-7-5-8-12-20)23-16-22(15-19(3)25(23)28-24)27-21-13-9-6-10-14-21;1-2/h5-16,18,24,27-28H,17H2,1-4H3;5-18,27-28H,1-4H3;1-2H3. The van der Waals surface area contributed by atoms with Gasteiger partial charge in [0.15, 0.2) is 0 Å². The fourth-order valence-corrected chi connectivity index (χ4v) is 8.47. The summed E-state index contributed by atoms with van der Waals surface area (Å²) in [6.45, 7) is 22.3. The lowest BCUT2D eigenvalue weighted by Crippen LogP contribution is -2.41. The van der Waals surface area contributed by atoms with E-state index in [2.05, 4.69) is 216 Å². The van der Waals surface area contributed by atoms with Crippen LogP contribution in [0.4, 0.5) is 34.1 Å². The molecule has 6 aromatic carbocycles. The molecule has 4 N–H and O–H groups in total. The second-order valence-electron chi connectivity index (χ2n) is 16.8. The highest BCUT2D eigenvalue weighted by molar-refractivity contribution is 5.76. The minimum absolute atomic E-state index is 0.0179. The molecule has 3 atom stereocenters. The lowest BCUT2D eigenvalue weighted by Gasteiger charge is -2.44. The summed E-state index contributed by atoms with van der Waals surface area (Å²) >= 11 is 0. The molecule has 0 amide bonds. The first kappa shape index (κ1) is 41.9. The SMILES string of the molecule is CC.Cc1cc(Nc2ccccc2)cc2c1NC(C(C)C)=CC2(C)c1ccccc1.Cc1cc(Nc2ccccc2)cc2c1NC(C(C)C)CC2(C)c1ccccc1. The first-order valence-electron chi connectivity index (χ1n) is 21.3. The van der Waals surface area contributed by atoms with E-state index in [0.29, 0.717) is 17.9 Å². The van der Waals surface area contributed by atoms with Gasteiger partial charge < -0.3 is 21.3 Å². The molecule has 0 radical (unpaired) electrons. The zero-order chi connectivity index (χ0) is 41.5. The second kappa shape index (κ2) is 18.2. The number of fused-ring (bicyclic) bond motifs is 2. The van der Waals surface area contributed by atoms with Crippen LogP contribution in [-0.2, 0) is 10.8 Å². The lowest BCUT2D eigenvalue weighted by atomic mass is 9.67. The van der Waals surface area contributed by atoms with Crippen molar-refractivity contribution < 1.29 is 0 Å². The highest BCUT2D eigenvalue weighted by Gasteiger charge is 2.40. The van der Waals surface area contributed by atoms with Crippen molar-refractivity contribution in [3.8, 4) is 0 Å². The van der Waals surface area contributed by atoms with Crippen LogP contribution in [0.5, 0.6) is 0 Å². The van der Waals surface area contributed by atoms with Gasteiger partial charge in [-0.05, 0) is 121 Å². The Labute approximate surface area is 349 Å². The second-order valence-corrected chi connectivity index (χ2v) is 16.8. The van der Waals surface area contributed by atoms with Crippen molar-refractivity contribution in [2.45, 2.75) is 92.5 Å². The molecule has 8 rings (SSSR count). The number of aryl methyl sites for hydroxylation is 2. The van der Waals surface area contributed by atoms with E-state index >= 15 is 0 Å². The van der Waals surface area contributed by atoms with Crippen LogP contribution in [0.2, 0.25) is 0 Å². The number of hydrogen-bond donors (Lipinski definition) is 4. The van der Waals surface area contributed by atoms with Crippen LogP contribution in [0.3, 0.4) is 0 Å². The maximum Gasteiger partial charge on any atom is 0.0457 e. The number of nitrogens with one attached hydrogen (secondary N) is 4. The molecule has 58 heavy (non-hydrogen) atoms. The minimum atomic E-state index is -0.180. The normalized spacial score (nSPS) is 19.1. The molecule has 3 unspecified atom stereocenters. The predicted octanol–water partition coefficient (Wildman–Crippen LogP) is 14.9. The van der Waals surface area contributed by atoms with Crippen molar-refractivity contribution in [3.63, 3.8) is 0 Å². The molecular formula is C54H64N4. The third kappa shape index (κ3) is 9.02. The van der Waals surface area contributed by atoms with Gasteiger partial charge in [0, 0.05) is 56.7 Å². The number of para-hydroxylation sites is 2. The summed E-state index contributed by atoms with van der Waals surface area (Å²) in [7, 11) is 0. The Morgan fingerprint density at radius 2 is 1.00 bits per heavy atom. The number of rotatable bonds is 8. The molecule has 0 aromatic heterocycles. The lowest BCUT2D eigenvalue weighted by molar-refractivity contribution is 0.386. The van der Waals surface area contributed by atoms with Gasteiger partial charge in [-0.3, -0.25) is 0 Å². The maximum absolute atomic E-state index is 3.85. The van der Waals surface area contributed by atoms with Gasteiger partial charge in [0.05, 0.1) is 0 Å². The molecule has 0 saturated carbocycles. The molecule has 4 heteroatoms. The Morgan fingerprint density at radius 3 is 1.48 bits per heavy atom. The Kier molecular flexibility index (Phi) is 13.2. The number of anilines is 6. The van der Waals surface area contributed by atoms with Gasteiger partial charge in [-0.1, -0.05) is 152 Å². The first-order valence-corrected chi connectivity index (χ1v) is 21.3. The van der Waals surface area contributed by atoms with Gasteiger partial charge in [0.2, 0.25) is 0 Å². The van der Waals surface area contributed by atoms with Crippen molar-refractivity contribution in [1.82, 2.24) is 0 Å². The molecule has 300 valence electrons. The number of allylic oxidation sites excluding steroid dienone is 2. The van der Waals surface area contributed by atoms with E-state index in [1.165, 1.54) is 50.5 Å². The number of hydrogen-bond acceptors (Lipinski definition) is 4. The van der Waals surface area contributed by atoms with Crippen LogP contribution in [0.25, 0.3) is 0 Å². The molecule has 2 aliphatic rings. The van der Waals surface area contributed by atoms with Crippen LogP contribution in [0.1, 0.15) is 95.2 Å². The van der Waals surface area contributed by atoms with Crippen LogP contribution in [-0.4, -0.2) is 6.04 Å². The zero-order valence-electron chi connectivity index (χ0n) is 36.4. The summed E-state index contributed by atoms with van der Waals surface area (Å²) in [5.41, 5.74) is 16.0. The van der Waals surface area contributed by atoms with Crippen LogP contribution in [0.15, 0.2) is 157 Å². The van der Waals surface area contributed by atoms with E-state index < -0.39 is 0 Å². The third-order valence-corrected chi connectivity index (χ3v) is 11.8. The summed E-state index contributed by atoms with van der Waals surface area (Å²) in [5.74, 6) is 1.02. The Morgan fingerprint density at radius 1 is 0.552 bits per heavy atom. The summed E-state index contributed by atoms with van der Waals surface area (Å²) in [6, 6.07) is 52.1. The predicted molar refractivity (Wildman–Crippen MR) is 252 cm³/mol. The smallest absolute Gasteiger partial charge is 0.0457 e. The van der Waals surface area contributed by atoms with Crippen LogP contribution < -0.4 is 21.3 Å². The fourth-order valence-electron chi connectivity index (χ4n) is 8.47. The largest absolute Gasteiger partial charge is 0.382 e. The summed E-state index contributed by atoms with van der Waals surface area (Å²) in [4.78, 5) is 0. The van der Waals surface area contributed by atoms with Gasteiger partial charge in [-0.25, -0.2) is 0 Å². The van der Waals surface area contributed by atoms with E-state index in [1.54, 1.807) is 0 Å². The van der Waals surface area contributed by atoms with Crippen LogP contribution >= 0.6 is 0 Å². The molecule has 2 aliphatic heterocycles. The molecule has 0 aliphatic carbocycles. The van der Waals surface area contributed by atoms with E-state index in [1.807, 2.05) is 26.0 Å². The average Bonchev–Trinajstić information content (AvgIpc) is 3.24. The summed E-state index contributed by atoms with van der Waals surface area (Å²) in [6.07, 6.45) is 3.50. The quantitative estimate of drug-likeness (QED) is 0.125.